The van der Waals surface area contributed by atoms with Crippen molar-refractivity contribution in [3.05, 3.63) is 42.8 Å². The van der Waals surface area contributed by atoms with Crippen molar-refractivity contribution in [2.45, 2.75) is 5.92 Å². The van der Waals surface area contributed by atoms with E-state index in [1.165, 1.54) is 5.56 Å². The van der Waals surface area contributed by atoms with Gasteiger partial charge < -0.3 is 5.73 Å². The van der Waals surface area contributed by atoms with E-state index >= 15 is 0 Å². The minimum absolute atomic E-state index is 0.237. The number of hydrogen-bond acceptors (Lipinski definition) is 1. The lowest BCUT2D eigenvalue weighted by Crippen LogP contribution is -2.08. The molecular weight excluding hydrogens is 122 g/mol. The third-order valence-electron chi connectivity index (χ3n) is 1.56. The van der Waals surface area contributed by atoms with Crippen molar-refractivity contribution in [2.24, 2.45) is 5.73 Å². The van der Waals surface area contributed by atoms with Gasteiger partial charge in [0.05, 0.1) is 0 Å². The molecule has 1 heteroatoms. The molecule has 1 aromatic rings. The molecule has 0 unspecified atom stereocenters. The van der Waals surface area contributed by atoms with E-state index in [0.29, 0.717) is 6.54 Å². The van der Waals surface area contributed by atoms with Gasteiger partial charge in [-0.25, -0.2) is 0 Å². The first-order valence-electron chi connectivity index (χ1n) is 3.42. The van der Waals surface area contributed by atoms with Gasteiger partial charge in [0.15, 0.2) is 0 Å². The molecule has 0 saturated heterocycles. The molecule has 0 amide bonds. The third-order valence-corrected chi connectivity index (χ3v) is 1.56. The average Bonchev–Trinajstić information content (AvgIpc) is 2.05. The van der Waals surface area contributed by atoms with E-state index in [-0.39, 0.29) is 5.92 Å². The first-order valence-corrected chi connectivity index (χ1v) is 3.42. The predicted molar refractivity (Wildman–Crippen MR) is 43.6 cm³/mol. The van der Waals surface area contributed by atoms with Gasteiger partial charge >= 0.3 is 0 Å². The van der Waals surface area contributed by atoms with Crippen LogP contribution in [0.4, 0.5) is 0 Å². The highest BCUT2D eigenvalue weighted by molar-refractivity contribution is 5.20. The molecule has 0 saturated carbocycles. The van der Waals surface area contributed by atoms with Crippen LogP contribution < -0.4 is 5.73 Å². The van der Waals surface area contributed by atoms with E-state index in [1.54, 1.807) is 0 Å². The minimum atomic E-state index is 0.237. The van der Waals surface area contributed by atoms with Crippen LogP contribution in [0, 0.1) is 6.92 Å². The summed E-state index contributed by atoms with van der Waals surface area (Å²) in [6, 6.07) is 10.1. The van der Waals surface area contributed by atoms with Crippen LogP contribution in [0.5, 0.6) is 0 Å². The molecule has 0 aliphatic heterocycles. The van der Waals surface area contributed by atoms with Crippen LogP contribution in [-0.4, -0.2) is 6.54 Å². The molecule has 0 fully saturated rings. The summed E-state index contributed by atoms with van der Waals surface area (Å²) in [5, 5.41) is 0. The molecule has 0 heterocycles. The summed E-state index contributed by atoms with van der Waals surface area (Å²) >= 11 is 0. The molecule has 10 heavy (non-hydrogen) atoms. The molecular formula is C9H12N. The van der Waals surface area contributed by atoms with Crippen molar-refractivity contribution in [3.63, 3.8) is 0 Å². The fourth-order valence-electron chi connectivity index (χ4n) is 0.861. The fraction of sp³-hybridized carbons (Fsp3) is 0.222. The van der Waals surface area contributed by atoms with Crippen LogP contribution in [-0.2, 0) is 0 Å². The van der Waals surface area contributed by atoms with Crippen LogP contribution >= 0.6 is 0 Å². The third kappa shape index (κ3) is 1.58. The van der Waals surface area contributed by atoms with E-state index < -0.39 is 0 Å². The standard InChI is InChI=1S/C9H12N/c1-8(7-10)9-5-3-2-4-6-9/h2-6,8H,1,7,10H2/t8-/m0/s1. The van der Waals surface area contributed by atoms with Gasteiger partial charge in [0, 0.05) is 0 Å². The smallest absolute Gasteiger partial charge is 0.000823 e. The molecule has 0 aromatic heterocycles. The van der Waals surface area contributed by atoms with E-state index in [1.807, 2.05) is 30.3 Å². The summed E-state index contributed by atoms with van der Waals surface area (Å²) in [7, 11) is 0. The van der Waals surface area contributed by atoms with Crippen LogP contribution in [0.15, 0.2) is 30.3 Å². The van der Waals surface area contributed by atoms with E-state index in [4.69, 9.17) is 5.73 Å². The molecule has 1 aromatic carbocycles. The lowest BCUT2D eigenvalue weighted by molar-refractivity contribution is 0.846. The van der Waals surface area contributed by atoms with Crippen molar-refractivity contribution in [1.29, 1.82) is 0 Å². The van der Waals surface area contributed by atoms with E-state index in [2.05, 4.69) is 6.92 Å². The second-order valence-corrected chi connectivity index (χ2v) is 2.34. The van der Waals surface area contributed by atoms with Crippen LogP contribution in [0.3, 0.4) is 0 Å². The van der Waals surface area contributed by atoms with Gasteiger partial charge in [0.2, 0.25) is 0 Å². The van der Waals surface area contributed by atoms with Crippen LogP contribution in [0.2, 0.25) is 0 Å². The summed E-state index contributed by atoms with van der Waals surface area (Å²) in [5.74, 6) is 0.237. The highest BCUT2D eigenvalue weighted by atomic mass is 14.5. The average molecular weight is 134 g/mol. The fourth-order valence-corrected chi connectivity index (χ4v) is 0.861. The van der Waals surface area contributed by atoms with E-state index in [0.717, 1.165) is 0 Å². The largest absolute Gasteiger partial charge is 0.330 e. The first-order chi connectivity index (χ1) is 4.84. The van der Waals surface area contributed by atoms with Crippen molar-refractivity contribution < 1.29 is 0 Å². The number of hydrogen-bond donors (Lipinski definition) is 1. The highest BCUT2D eigenvalue weighted by Crippen LogP contribution is 2.11. The second kappa shape index (κ2) is 3.37. The van der Waals surface area contributed by atoms with Crippen molar-refractivity contribution >= 4 is 0 Å². The lowest BCUT2D eigenvalue weighted by Gasteiger charge is -2.06. The monoisotopic (exact) mass is 134 g/mol. The Kier molecular flexibility index (Phi) is 2.46. The van der Waals surface area contributed by atoms with Crippen molar-refractivity contribution in [2.75, 3.05) is 6.54 Å². The normalized spacial score (nSPS) is 13.0. The second-order valence-electron chi connectivity index (χ2n) is 2.34. The Morgan fingerprint density at radius 3 is 2.40 bits per heavy atom. The van der Waals surface area contributed by atoms with Crippen molar-refractivity contribution in [1.82, 2.24) is 0 Å². The number of rotatable bonds is 2. The SMILES string of the molecule is [CH2][C@@H](CN)c1ccccc1. The maximum absolute atomic E-state index is 5.44. The topological polar surface area (TPSA) is 26.0 Å². The van der Waals surface area contributed by atoms with Gasteiger partial charge in [-0.15, -0.1) is 0 Å². The first kappa shape index (κ1) is 7.29. The van der Waals surface area contributed by atoms with Gasteiger partial charge in [0.25, 0.3) is 0 Å². The Labute approximate surface area is 61.9 Å². The number of nitrogens with two attached hydrogens (primary N) is 1. The van der Waals surface area contributed by atoms with Crippen LogP contribution in [0.1, 0.15) is 11.5 Å². The summed E-state index contributed by atoms with van der Waals surface area (Å²) in [6.45, 7) is 4.52. The van der Waals surface area contributed by atoms with Gasteiger partial charge in [0.1, 0.15) is 0 Å². The quantitative estimate of drug-likeness (QED) is 0.652. The van der Waals surface area contributed by atoms with Crippen molar-refractivity contribution in [3.8, 4) is 0 Å². The molecule has 0 aliphatic carbocycles. The van der Waals surface area contributed by atoms with Crippen LogP contribution in [0.25, 0.3) is 0 Å². The highest BCUT2D eigenvalue weighted by Gasteiger charge is 1.99. The summed E-state index contributed by atoms with van der Waals surface area (Å²) in [5.41, 5.74) is 6.65. The Balaban J connectivity index is 2.75. The lowest BCUT2D eigenvalue weighted by atomic mass is 10.0. The Hall–Kier alpha value is -0.820. The molecule has 1 nitrogen and oxygen atoms in total. The Bertz CT molecular complexity index is 181. The summed E-state index contributed by atoms with van der Waals surface area (Å²) in [4.78, 5) is 0. The van der Waals surface area contributed by atoms with Gasteiger partial charge in [-0.05, 0) is 24.9 Å². The summed E-state index contributed by atoms with van der Waals surface area (Å²) < 4.78 is 0. The molecule has 0 aliphatic rings. The zero-order valence-electron chi connectivity index (χ0n) is 5.96. The predicted octanol–water partition coefficient (Wildman–Crippen LogP) is 1.56. The summed E-state index contributed by atoms with van der Waals surface area (Å²) in [6.07, 6.45) is 0. The molecule has 1 radical (unpaired) electrons. The zero-order valence-corrected chi connectivity index (χ0v) is 5.96. The molecule has 0 spiro atoms. The molecule has 2 N–H and O–H groups in total. The maximum Gasteiger partial charge on any atom is -0.000823 e. The Morgan fingerprint density at radius 1 is 1.30 bits per heavy atom. The Morgan fingerprint density at radius 2 is 1.90 bits per heavy atom. The molecule has 1 atom stereocenters. The van der Waals surface area contributed by atoms with Gasteiger partial charge in [-0.2, -0.15) is 0 Å². The molecule has 1 rings (SSSR count). The van der Waals surface area contributed by atoms with E-state index in [9.17, 15) is 0 Å². The van der Waals surface area contributed by atoms with Gasteiger partial charge in [-0.3, -0.25) is 0 Å². The number of benzene rings is 1. The van der Waals surface area contributed by atoms with Gasteiger partial charge in [-0.1, -0.05) is 30.3 Å². The minimum Gasteiger partial charge on any atom is -0.330 e. The zero-order chi connectivity index (χ0) is 7.40. The molecule has 53 valence electrons. The molecule has 0 bridgehead atoms. The maximum atomic E-state index is 5.44.